The smallest absolute Gasteiger partial charge is 0.0654 e. The lowest BCUT2D eigenvalue weighted by molar-refractivity contribution is 0.0509. The van der Waals surface area contributed by atoms with Gasteiger partial charge < -0.3 is 10.2 Å². The van der Waals surface area contributed by atoms with Crippen molar-refractivity contribution in [3.63, 3.8) is 0 Å². The van der Waals surface area contributed by atoms with E-state index in [-0.39, 0.29) is 12.0 Å². The van der Waals surface area contributed by atoms with Gasteiger partial charge in [-0.05, 0) is 50.9 Å². The van der Waals surface area contributed by atoms with Crippen molar-refractivity contribution in [2.75, 3.05) is 0 Å². The van der Waals surface area contributed by atoms with Crippen molar-refractivity contribution >= 4 is 0 Å². The quantitative estimate of drug-likeness (QED) is 0.544. The summed E-state index contributed by atoms with van der Waals surface area (Å²) in [6.45, 7) is 8.22. The minimum atomic E-state index is -0.603. The molecule has 0 spiro atoms. The Morgan fingerprint density at radius 3 is 2.81 bits per heavy atom. The van der Waals surface area contributed by atoms with Crippen LogP contribution in [0.3, 0.4) is 0 Å². The second-order valence-electron chi connectivity index (χ2n) is 7.55. The number of rotatable bonds is 7. The predicted octanol–water partition coefficient (Wildman–Crippen LogP) is 4.23. The number of aliphatic hydroxyl groups excluding tert-OH is 1. The van der Waals surface area contributed by atoms with Crippen LogP contribution < -0.4 is 0 Å². The summed E-state index contributed by atoms with van der Waals surface area (Å²) in [4.78, 5) is 0. The molecule has 2 rings (SSSR count). The van der Waals surface area contributed by atoms with Crippen LogP contribution in [0.1, 0.15) is 65.2 Å². The maximum Gasteiger partial charge on any atom is 0.0654 e. The average Bonchev–Trinajstić information content (AvgIpc) is 2.87. The fraction of sp³-hybridized carbons (Fsp3) is 0.789. The van der Waals surface area contributed by atoms with Crippen LogP contribution in [0.25, 0.3) is 0 Å². The summed E-state index contributed by atoms with van der Waals surface area (Å²) < 4.78 is 0. The van der Waals surface area contributed by atoms with Crippen LogP contribution in [0.2, 0.25) is 0 Å². The van der Waals surface area contributed by atoms with Crippen LogP contribution in [0, 0.1) is 17.8 Å². The molecule has 0 saturated heterocycles. The van der Waals surface area contributed by atoms with E-state index in [0.717, 1.165) is 32.1 Å². The van der Waals surface area contributed by atoms with E-state index < -0.39 is 5.60 Å². The molecule has 5 atom stereocenters. The number of fused-ring (bicyclic) bond motifs is 1. The summed E-state index contributed by atoms with van der Waals surface area (Å²) in [6, 6.07) is 0. The molecule has 0 aliphatic heterocycles. The van der Waals surface area contributed by atoms with Crippen LogP contribution >= 0.6 is 0 Å². The standard InChI is InChI=1S/C19H32O2/c1-4-5-6-9-19(3,21)10-7-8-16-17-12-14(2)11-15(17)13-18(16)20/h7-8,15-18,20-21H,2,4-6,9-13H2,1,3H3/b8-7+/t15-,16+,17+,18+,19?/m0/s1. The third kappa shape index (κ3) is 4.43. The number of hydrogen-bond acceptors (Lipinski definition) is 2. The van der Waals surface area contributed by atoms with Gasteiger partial charge in [0.1, 0.15) is 0 Å². The molecule has 2 fully saturated rings. The first-order valence-electron chi connectivity index (χ1n) is 8.66. The van der Waals surface area contributed by atoms with Gasteiger partial charge in [0, 0.05) is 5.92 Å². The summed E-state index contributed by atoms with van der Waals surface area (Å²) in [5.41, 5.74) is 0.746. The van der Waals surface area contributed by atoms with Crippen LogP contribution in [0.15, 0.2) is 24.3 Å². The van der Waals surface area contributed by atoms with E-state index in [2.05, 4.69) is 25.7 Å². The zero-order valence-corrected chi connectivity index (χ0v) is 13.7. The van der Waals surface area contributed by atoms with E-state index in [1.165, 1.54) is 18.4 Å². The normalized spacial score (nSPS) is 35.3. The van der Waals surface area contributed by atoms with E-state index in [1.807, 2.05) is 6.92 Å². The van der Waals surface area contributed by atoms with Gasteiger partial charge in [0.2, 0.25) is 0 Å². The summed E-state index contributed by atoms with van der Waals surface area (Å²) >= 11 is 0. The van der Waals surface area contributed by atoms with Gasteiger partial charge in [-0.15, -0.1) is 0 Å². The number of aliphatic hydroxyl groups is 2. The summed E-state index contributed by atoms with van der Waals surface area (Å²) in [5.74, 6) is 1.47. The van der Waals surface area contributed by atoms with Crippen molar-refractivity contribution in [3.05, 3.63) is 24.3 Å². The molecule has 2 N–H and O–H groups in total. The first kappa shape index (κ1) is 16.8. The zero-order chi connectivity index (χ0) is 15.5. The van der Waals surface area contributed by atoms with Crippen LogP contribution in [0.4, 0.5) is 0 Å². The molecule has 0 aromatic heterocycles. The van der Waals surface area contributed by atoms with Gasteiger partial charge in [-0.1, -0.05) is 50.5 Å². The molecular weight excluding hydrogens is 260 g/mol. The molecule has 0 amide bonds. The Bertz CT molecular complexity index is 383. The van der Waals surface area contributed by atoms with Crippen molar-refractivity contribution in [1.82, 2.24) is 0 Å². The lowest BCUT2D eigenvalue weighted by Crippen LogP contribution is -2.23. The summed E-state index contributed by atoms with van der Waals surface area (Å²) in [6.07, 6.45) is 12.2. The van der Waals surface area contributed by atoms with Crippen LogP contribution in [-0.4, -0.2) is 21.9 Å². The van der Waals surface area contributed by atoms with E-state index in [0.29, 0.717) is 18.3 Å². The maximum absolute atomic E-state index is 10.4. The Hall–Kier alpha value is -0.600. The molecule has 2 saturated carbocycles. The molecular formula is C19H32O2. The highest BCUT2D eigenvalue weighted by Gasteiger charge is 2.44. The van der Waals surface area contributed by atoms with Gasteiger partial charge in [-0.25, -0.2) is 0 Å². The van der Waals surface area contributed by atoms with Crippen LogP contribution in [-0.2, 0) is 0 Å². The Morgan fingerprint density at radius 2 is 2.10 bits per heavy atom. The molecule has 0 aromatic carbocycles. The zero-order valence-electron chi connectivity index (χ0n) is 13.7. The van der Waals surface area contributed by atoms with Gasteiger partial charge >= 0.3 is 0 Å². The van der Waals surface area contributed by atoms with E-state index in [1.54, 1.807) is 0 Å². The SMILES string of the molecule is C=C1C[C@H]2C[C@@H](O)[C@H](/C=C/CC(C)(O)CCCCC)[C@@H]2C1. The molecule has 0 heterocycles. The van der Waals surface area contributed by atoms with Gasteiger partial charge in [-0.2, -0.15) is 0 Å². The largest absolute Gasteiger partial charge is 0.392 e. The summed E-state index contributed by atoms with van der Waals surface area (Å²) in [7, 11) is 0. The van der Waals surface area contributed by atoms with E-state index in [9.17, 15) is 10.2 Å². The molecule has 2 aliphatic carbocycles. The molecule has 0 radical (unpaired) electrons. The minimum absolute atomic E-state index is 0.200. The maximum atomic E-state index is 10.4. The monoisotopic (exact) mass is 292 g/mol. The third-order valence-electron chi connectivity index (χ3n) is 5.40. The van der Waals surface area contributed by atoms with Gasteiger partial charge in [0.25, 0.3) is 0 Å². The predicted molar refractivity (Wildman–Crippen MR) is 88.0 cm³/mol. The molecule has 2 heteroatoms. The first-order chi connectivity index (χ1) is 9.93. The van der Waals surface area contributed by atoms with Crippen molar-refractivity contribution < 1.29 is 10.2 Å². The van der Waals surface area contributed by atoms with Gasteiger partial charge in [0.15, 0.2) is 0 Å². The topological polar surface area (TPSA) is 40.5 Å². The number of allylic oxidation sites excluding steroid dienone is 1. The highest BCUT2D eigenvalue weighted by atomic mass is 16.3. The van der Waals surface area contributed by atoms with Crippen molar-refractivity contribution in [2.24, 2.45) is 17.8 Å². The Kier molecular flexibility index (Phi) is 5.67. The fourth-order valence-corrected chi connectivity index (χ4v) is 4.17. The number of unbranched alkanes of at least 4 members (excludes halogenated alkanes) is 2. The Balaban J connectivity index is 1.84. The van der Waals surface area contributed by atoms with E-state index >= 15 is 0 Å². The second kappa shape index (κ2) is 7.11. The second-order valence-corrected chi connectivity index (χ2v) is 7.55. The third-order valence-corrected chi connectivity index (χ3v) is 5.40. The first-order valence-corrected chi connectivity index (χ1v) is 8.66. The van der Waals surface area contributed by atoms with Gasteiger partial charge in [-0.3, -0.25) is 0 Å². The Morgan fingerprint density at radius 1 is 1.33 bits per heavy atom. The highest BCUT2D eigenvalue weighted by Crippen LogP contribution is 2.49. The average molecular weight is 292 g/mol. The van der Waals surface area contributed by atoms with Crippen molar-refractivity contribution in [1.29, 1.82) is 0 Å². The highest BCUT2D eigenvalue weighted by molar-refractivity contribution is 5.15. The molecule has 0 aromatic rings. The fourth-order valence-electron chi connectivity index (χ4n) is 4.17. The molecule has 120 valence electrons. The molecule has 1 unspecified atom stereocenters. The van der Waals surface area contributed by atoms with Crippen molar-refractivity contribution in [3.8, 4) is 0 Å². The van der Waals surface area contributed by atoms with E-state index in [4.69, 9.17) is 0 Å². The minimum Gasteiger partial charge on any atom is -0.392 e. The lowest BCUT2D eigenvalue weighted by Gasteiger charge is -2.22. The summed E-state index contributed by atoms with van der Waals surface area (Å²) in [5, 5.41) is 20.6. The molecule has 2 nitrogen and oxygen atoms in total. The molecule has 21 heavy (non-hydrogen) atoms. The molecule has 2 aliphatic rings. The number of hydrogen-bond donors (Lipinski definition) is 2. The van der Waals surface area contributed by atoms with Crippen molar-refractivity contribution in [2.45, 2.75) is 76.9 Å². The van der Waals surface area contributed by atoms with Gasteiger partial charge in [0.05, 0.1) is 11.7 Å². The molecule has 0 bridgehead atoms. The van der Waals surface area contributed by atoms with Crippen LogP contribution in [0.5, 0.6) is 0 Å². The lowest BCUT2D eigenvalue weighted by atomic mass is 9.89. The Labute approximate surface area is 130 Å².